The van der Waals surface area contributed by atoms with E-state index in [1.54, 1.807) is 12.4 Å². The lowest BCUT2D eigenvalue weighted by Crippen LogP contribution is -2.12. The van der Waals surface area contributed by atoms with Crippen molar-refractivity contribution in [1.82, 2.24) is 9.97 Å². The molecule has 0 atom stereocenters. The summed E-state index contributed by atoms with van der Waals surface area (Å²) in [4.78, 5) is 8.50. The summed E-state index contributed by atoms with van der Waals surface area (Å²) in [5, 5.41) is 0. The fourth-order valence-electron chi connectivity index (χ4n) is 1.11. The molecule has 2 nitrogen and oxygen atoms in total. The first-order valence-corrected chi connectivity index (χ1v) is 4.25. The quantitative estimate of drug-likeness (QED) is 0.637. The van der Waals surface area contributed by atoms with Gasteiger partial charge in [-0.2, -0.15) is 0 Å². The minimum absolute atomic E-state index is 0.292. The van der Waals surface area contributed by atoms with Crippen LogP contribution in [0.15, 0.2) is 12.4 Å². The fourth-order valence-corrected chi connectivity index (χ4v) is 1.11. The number of aromatic nitrogens is 2. The Balaban J connectivity index is 2.83. The Hall–Kier alpha value is -0.920. The van der Waals surface area contributed by atoms with Gasteiger partial charge >= 0.3 is 0 Å². The van der Waals surface area contributed by atoms with Crippen LogP contribution in [0.3, 0.4) is 0 Å². The van der Waals surface area contributed by atoms with E-state index in [-0.39, 0.29) is 0 Å². The van der Waals surface area contributed by atoms with Gasteiger partial charge in [0.05, 0.1) is 11.4 Å². The van der Waals surface area contributed by atoms with Crippen molar-refractivity contribution in [3.63, 3.8) is 0 Å². The second-order valence-corrected chi connectivity index (χ2v) is 4.33. The van der Waals surface area contributed by atoms with Gasteiger partial charge in [-0.3, -0.25) is 9.97 Å². The zero-order chi connectivity index (χ0) is 9.19. The lowest BCUT2D eigenvalue weighted by molar-refractivity contribution is 0.404. The first kappa shape index (κ1) is 9.17. The number of aryl methyl sites for hydroxylation is 1. The van der Waals surface area contributed by atoms with E-state index < -0.39 is 0 Å². The van der Waals surface area contributed by atoms with Gasteiger partial charge in [0.25, 0.3) is 0 Å². The Bertz CT molecular complexity index is 261. The van der Waals surface area contributed by atoms with E-state index in [0.717, 1.165) is 17.8 Å². The molecular formula is C10H16N2. The average Bonchev–Trinajstić information content (AvgIpc) is 1.91. The van der Waals surface area contributed by atoms with Gasteiger partial charge in [0.1, 0.15) is 0 Å². The average molecular weight is 164 g/mol. The van der Waals surface area contributed by atoms with Crippen molar-refractivity contribution < 1.29 is 0 Å². The van der Waals surface area contributed by atoms with Crippen molar-refractivity contribution in [3.05, 3.63) is 23.8 Å². The van der Waals surface area contributed by atoms with Crippen molar-refractivity contribution in [3.8, 4) is 0 Å². The topological polar surface area (TPSA) is 25.8 Å². The summed E-state index contributed by atoms with van der Waals surface area (Å²) in [5.41, 5.74) is 2.46. The van der Waals surface area contributed by atoms with Crippen LogP contribution in [0.25, 0.3) is 0 Å². The molecule has 1 rings (SSSR count). The molecule has 0 aliphatic carbocycles. The van der Waals surface area contributed by atoms with Gasteiger partial charge in [0, 0.05) is 12.4 Å². The van der Waals surface area contributed by atoms with Crippen LogP contribution in [0.1, 0.15) is 32.2 Å². The Morgan fingerprint density at radius 1 is 1.17 bits per heavy atom. The van der Waals surface area contributed by atoms with Crippen LogP contribution < -0.4 is 0 Å². The van der Waals surface area contributed by atoms with Crippen LogP contribution in [0.2, 0.25) is 0 Å². The molecule has 0 radical (unpaired) electrons. The molecule has 0 aromatic carbocycles. The Kier molecular flexibility index (Phi) is 2.46. The molecule has 1 aromatic heterocycles. The number of hydrogen-bond acceptors (Lipinski definition) is 2. The maximum absolute atomic E-state index is 4.30. The molecule has 0 spiro atoms. The standard InChI is InChI=1S/C10H16N2/c1-8-9(7-10(2,3)4)12-6-5-11-8/h5-6H,7H2,1-4H3. The van der Waals surface area contributed by atoms with Crippen LogP contribution in [0, 0.1) is 12.3 Å². The van der Waals surface area contributed by atoms with E-state index in [9.17, 15) is 0 Å². The van der Waals surface area contributed by atoms with Crippen molar-refractivity contribution in [2.24, 2.45) is 5.41 Å². The van der Waals surface area contributed by atoms with Crippen molar-refractivity contribution in [2.45, 2.75) is 34.1 Å². The number of rotatable bonds is 1. The lowest BCUT2D eigenvalue weighted by atomic mass is 9.90. The molecule has 0 N–H and O–H groups in total. The molecule has 1 heterocycles. The molecule has 0 aliphatic heterocycles. The first-order valence-electron chi connectivity index (χ1n) is 4.25. The van der Waals surface area contributed by atoms with Gasteiger partial charge in [-0.15, -0.1) is 0 Å². The molecule has 1 aromatic rings. The Morgan fingerprint density at radius 3 is 2.25 bits per heavy atom. The van der Waals surface area contributed by atoms with Crippen molar-refractivity contribution in [2.75, 3.05) is 0 Å². The van der Waals surface area contributed by atoms with Crippen LogP contribution in [0.5, 0.6) is 0 Å². The zero-order valence-corrected chi connectivity index (χ0v) is 8.26. The highest BCUT2D eigenvalue weighted by molar-refractivity contribution is 5.09. The highest BCUT2D eigenvalue weighted by atomic mass is 14.8. The predicted octanol–water partition coefficient (Wildman–Crippen LogP) is 2.37. The van der Waals surface area contributed by atoms with Crippen LogP contribution >= 0.6 is 0 Å². The van der Waals surface area contributed by atoms with Gasteiger partial charge in [0.15, 0.2) is 0 Å². The van der Waals surface area contributed by atoms with Gasteiger partial charge in [-0.1, -0.05) is 20.8 Å². The minimum Gasteiger partial charge on any atom is -0.258 e. The fraction of sp³-hybridized carbons (Fsp3) is 0.600. The Labute approximate surface area is 74.1 Å². The SMILES string of the molecule is Cc1nccnc1CC(C)(C)C. The van der Waals surface area contributed by atoms with Crippen LogP contribution in [-0.2, 0) is 6.42 Å². The number of nitrogens with zero attached hydrogens (tertiary/aromatic N) is 2. The third-order valence-corrected chi connectivity index (χ3v) is 1.68. The van der Waals surface area contributed by atoms with E-state index in [4.69, 9.17) is 0 Å². The van der Waals surface area contributed by atoms with Gasteiger partial charge in [-0.05, 0) is 18.8 Å². The highest BCUT2D eigenvalue weighted by Gasteiger charge is 2.13. The van der Waals surface area contributed by atoms with E-state index in [1.807, 2.05) is 6.92 Å². The summed E-state index contributed by atoms with van der Waals surface area (Å²) in [7, 11) is 0. The molecule has 0 aliphatic rings. The molecule has 2 heteroatoms. The normalized spacial score (nSPS) is 11.7. The zero-order valence-electron chi connectivity index (χ0n) is 8.26. The molecule has 12 heavy (non-hydrogen) atoms. The third kappa shape index (κ3) is 2.61. The summed E-state index contributed by atoms with van der Waals surface area (Å²) in [6.07, 6.45) is 4.49. The van der Waals surface area contributed by atoms with E-state index in [1.165, 1.54) is 0 Å². The minimum atomic E-state index is 0.292. The van der Waals surface area contributed by atoms with Gasteiger partial charge in [-0.25, -0.2) is 0 Å². The second-order valence-electron chi connectivity index (χ2n) is 4.33. The maximum Gasteiger partial charge on any atom is 0.0621 e. The highest BCUT2D eigenvalue weighted by Crippen LogP contribution is 2.19. The molecule has 66 valence electrons. The van der Waals surface area contributed by atoms with Crippen LogP contribution in [0.4, 0.5) is 0 Å². The first-order chi connectivity index (χ1) is 5.49. The molecular weight excluding hydrogens is 148 g/mol. The van der Waals surface area contributed by atoms with Crippen molar-refractivity contribution in [1.29, 1.82) is 0 Å². The molecule has 0 unspecified atom stereocenters. The van der Waals surface area contributed by atoms with Crippen LogP contribution in [-0.4, -0.2) is 9.97 Å². The maximum atomic E-state index is 4.30. The molecule has 0 saturated heterocycles. The van der Waals surface area contributed by atoms with Gasteiger partial charge in [0.2, 0.25) is 0 Å². The van der Waals surface area contributed by atoms with Gasteiger partial charge < -0.3 is 0 Å². The smallest absolute Gasteiger partial charge is 0.0621 e. The monoisotopic (exact) mass is 164 g/mol. The molecule has 0 bridgehead atoms. The summed E-state index contributed by atoms with van der Waals surface area (Å²) < 4.78 is 0. The van der Waals surface area contributed by atoms with Crippen molar-refractivity contribution >= 4 is 0 Å². The molecule has 0 amide bonds. The van der Waals surface area contributed by atoms with E-state index >= 15 is 0 Å². The largest absolute Gasteiger partial charge is 0.258 e. The van der Waals surface area contributed by atoms with E-state index in [0.29, 0.717) is 5.41 Å². The Morgan fingerprint density at radius 2 is 1.75 bits per heavy atom. The lowest BCUT2D eigenvalue weighted by Gasteiger charge is -2.17. The van der Waals surface area contributed by atoms with E-state index in [2.05, 4.69) is 30.7 Å². The summed E-state index contributed by atoms with van der Waals surface area (Å²) in [5.74, 6) is 0. The summed E-state index contributed by atoms with van der Waals surface area (Å²) >= 11 is 0. The molecule has 0 fully saturated rings. The number of hydrogen-bond donors (Lipinski definition) is 0. The summed E-state index contributed by atoms with van der Waals surface area (Å²) in [6, 6.07) is 0. The third-order valence-electron chi connectivity index (χ3n) is 1.68. The molecule has 0 saturated carbocycles. The predicted molar refractivity (Wildman–Crippen MR) is 49.9 cm³/mol. The summed E-state index contributed by atoms with van der Waals surface area (Å²) in [6.45, 7) is 8.64. The second kappa shape index (κ2) is 3.21.